The van der Waals surface area contributed by atoms with Crippen LogP contribution in [0.5, 0.6) is 0 Å². The van der Waals surface area contributed by atoms with E-state index in [1.165, 1.54) is 17.4 Å². The zero-order valence-corrected chi connectivity index (χ0v) is 19.1. The standard InChI is InChI=1S/C21H28N4O4S2/c1-2-24-31(27,28)19-11-14(22)5-10-17(19)18-12-23-20(30-18)13-3-6-15(7-4-13)25-21(26)29-16-8-9-16/h5,10-13,15-16,24H,2-4,6-9,22H2,1H3,(H,25,26). The van der Waals surface area contributed by atoms with Gasteiger partial charge in [-0.1, -0.05) is 13.0 Å². The summed E-state index contributed by atoms with van der Waals surface area (Å²) in [5, 5.41) is 3.97. The summed E-state index contributed by atoms with van der Waals surface area (Å²) in [6.07, 6.45) is 7.09. The number of aromatic nitrogens is 1. The number of benzene rings is 1. The Morgan fingerprint density at radius 2 is 1.97 bits per heavy atom. The smallest absolute Gasteiger partial charge is 0.407 e. The van der Waals surface area contributed by atoms with Crippen LogP contribution in [0.25, 0.3) is 10.4 Å². The zero-order valence-electron chi connectivity index (χ0n) is 17.5. The Morgan fingerprint density at radius 3 is 2.65 bits per heavy atom. The molecule has 4 rings (SSSR count). The van der Waals surface area contributed by atoms with Crippen LogP contribution in [0.3, 0.4) is 0 Å². The minimum absolute atomic E-state index is 0.111. The average molecular weight is 465 g/mol. The molecule has 1 aromatic carbocycles. The van der Waals surface area contributed by atoms with Crippen LogP contribution in [0.15, 0.2) is 29.3 Å². The summed E-state index contributed by atoms with van der Waals surface area (Å²) in [6, 6.07) is 5.07. The van der Waals surface area contributed by atoms with Crippen molar-refractivity contribution in [1.82, 2.24) is 15.0 Å². The second-order valence-corrected chi connectivity index (χ2v) is 10.9. The third-order valence-corrected chi connectivity index (χ3v) is 8.39. The minimum Gasteiger partial charge on any atom is -0.446 e. The maximum absolute atomic E-state index is 12.7. The van der Waals surface area contributed by atoms with Gasteiger partial charge in [-0.15, -0.1) is 11.3 Å². The van der Waals surface area contributed by atoms with Crippen LogP contribution >= 0.6 is 11.3 Å². The maximum atomic E-state index is 12.7. The highest BCUT2D eigenvalue weighted by Gasteiger charge is 2.30. The number of amides is 1. The molecule has 2 aromatic rings. The highest BCUT2D eigenvalue weighted by atomic mass is 32.2. The lowest BCUT2D eigenvalue weighted by atomic mass is 9.86. The fourth-order valence-electron chi connectivity index (χ4n) is 3.86. The van der Waals surface area contributed by atoms with Gasteiger partial charge in [-0.05, 0) is 50.7 Å². The van der Waals surface area contributed by atoms with Crippen LogP contribution in [-0.4, -0.2) is 38.2 Å². The number of sulfonamides is 1. The molecule has 0 radical (unpaired) electrons. The molecular weight excluding hydrogens is 436 g/mol. The van der Waals surface area contributed by atoms with Crippen molar-refractivity contribution in [2.24, 2.45) is 0 Å². The number of nitrogens with zero attached hydrogens (tertiary/aromatic N) is 1. The van der Waals surface area contributed by atoms with Gasteiger partial charge in [0.25, 0.3) is 0 Å². The predicted octanol–water partition coefficient (Wildman–Crippen LogP) is 3.61. The van der Waals surface area contributed by atoms with Crippen LogP contribution in [0.4, 0.5) is 10.5 Å². The number of carbonyl (C=O) groups is 1. The second kappa shape index (κ2) is 9.13. The number of alkyl carbamates (subject to hydrolysis) is 1. The first-order chi connectivity index (χ1) is 14.9. The fourth-order valence-corrected chi connectivity index (χ4v) is 6.34. The summed E-state index contributed by atoms with van der Waals surface area (Å²) in [5.41, 5.74) is 6.86. The molecular formula is C21H28N4O4S2. The van der Waals surface area contributed by atoms with Gasteiger partial charge in [0.05, 0.1) is 14.8 Å². The third-order valence-electron chi connectivity index (χ3n) is 5.62. The van der Waals surface area contributed by atoms with Gasteiger partial charge < -0.3 is 15.8 Å². The van der Waals surface area contributed by atoms with Gasteiger partial charge >= 0.3 is 6.09 Å². The SMILES string of the molecule is CCNS(=O)(=O)c1cc(N)ccc1-c1cnc(C2CCC(NC(=O)OC3CC3)CC2)s1. The first-order valence-corrected chi connectivity index (χ1v) is 13.0. The Hall–Kier alpha value is -2.17. The zero-order chi connectivity index (χ0) is 22.0. The van der Waals surface area contributed by atoms with E-state index in [9.17, 15) is 13.2 Å². The number of carbonyl (C=O) groups excluding carboxylic acids is 1. The highest BCUT2D eigenvalue weighted by Crippen LogP contribution is 2.39. The summed E-state index contributed by atoms with van der Waals surface area (Å²) in [4.78, 5) is 17.4. The van der Waals surface area contributed by atoms with Gasteiger partial charge in [0.1, 0.15) is 6.10 Å². The molecule has 0 bridgehead atoms. The monoisotopic (exact) mass is 464 g/mol. The highest BCUT2D eigenvalue weighted by molar-refractivity contribution is 7.89. The molecule has 2 aliphatic carbocycles. The quantitative estimate of drug-likeness (QED) is 0.538. The first kappa shape index (κ1) is 22.0. The molecule has 168 valence electrons. The fraction of sp³-hybridized carbons (Fsp3) is 0.524. The molecule has 0 unspecified atom stereocenters. The average Bonchev–Trinajstić information content (AvgIpc) is 3.40. The summed E-state index contributed by atoms with van der Waals surface area (Å²) in [5.74, 6) is 0.304. The number of nitrogen functional groups attached to an aromatic ring is 1. The van der Waals surface area contributed by atoms with E-state index < -0.39 is 10.0 Å². The van der Waals surface area contributed by atoms with Crippen molar-refractivity contribution in [2.75, 3.05) is 12.3 Å². The summed E-state index contributed by atoms with van der Waals surface area (Å²) >= 11 is 1.52. The van der Waals surface area contributed by atoms with Gasteiger partial charge in [-0.25, -0.2) is 22.9 Å². The molecule has 2 fully saturated rings. The van der Waals surface area contributed by atoms with Crippen molar-refractivity contribution in [3.05, 3.63) is 29.4 Å². The van der Waals surface area contributed by atoms with E-state index in [4.69, 9.17) is 10.5 Å². The Morgan fingerprint density at radius 1 is 1.23 bits per heavy atom. The molecule has 1 amide bonds. The molecule has 1 aromatic heterocycles. The van der Waals surface area contributed by atoms with Gasteiger partial charge in [0, 0.05) is 36.0 Å². The molecule has 0 saturated heterocycles. The van der Waals surface area contributed by atoms with Crippen LogP contribution in [-0.2, 0) is 14.8 Å². The maximum Gasteiger partial charge on any atom is 0.407 e. The van der Waals surface area contributed by atoms with Gasteiger partial charge in [0.15, 0.2) is 0 Å². The number of thiazole rings is 1. The molecule has 8 nitrogen and oxygen atoms in total. The van der Waals surface area contributed by atoms with E-state index in [2.05, 4.69) is 15.0 Å². The van der Waals surface area contributed by atoms with Crippen molar-refractivity contribution in [3.8, 4) is 10.4 Å². The number of anilines is 1. The van der Waals surface area contributed by atoms with E-state index in [0.717, 1.165) is 48.4 Å². The third kappa shape index (κ3) is 5.36. The van der Waals surface area contributed by atoms with E-state index >= 15 is 0 Å². The number of nitrogens with two attached hydrogens (primary N) is 1. The molecule has 31 heavy (non-hydrogen) atoms. The Kier molecular flexibility index (Phi) is 6.49. The van der Waals surface area contributed by atoms with Crippen molar-refractivity contribution in [3.63, 3.8) is 0 Å². The Bertz CT molecular complexity index is 1040. The first-order valence-electron chi connectivity index (χ1n) is 10.7. The van der Waals surface area contributed by atoms with Crippen molar-refractivity contribution in [2.45, 2.75) is 68.4 Å². The molecule has 1 heterocycles. The lowest BCUT2D eigenvalue weighted by Gasteiger charge is -2.27. The molecule has 2 aliphatic rings. The van der Waals surface area contributed by atoms with Crippen LogP contribution in [0, 0.1) is 0 Å². The van der Waals surface area contributed by atoms with E-state index in [0.29, 0.717) is 23.7 Å². The lowest BCUT2D eigenvalue weighted by molar-refractivity contribution is 0.132. The number of rotatable bonds is 7. The molecule has 10 heteroatoms. The predicted molar refractivity (Wildman–Crippen MR) is 120 cm³/mol. The summed E-state index contributed by atoms with van der Waals surface area (Å²) < 4.78 is 33.1. The van der Waals surface area contributed by atoms with E-state index in [1.54, 1.807) is 25.3 Å². The van der Waals surface area contributed by atoms with Gasteiger partial charge in [-0.3, -0.25) is 0 Å². The summed E-state index contributed by atoms with van der Waals surface area (Å²) in [6.45, 7) is 2.04. The molecule has 0 aliphatic heterocycles. The van der Waals surface area contributed by atoms with Crippen LogP contribution in [0.1, 0.15) is 56.4 Å². The second-order valence-electron chi connectivity index (χ2n) is 8.12. The van der Waals surface area contributed by atoms with E-state index in [-0.39, 0.29) is 23.1 Å². The molecule has 2 saturated carbocycles. The number of hydrogen-bond acceptors (Lipinski definition) is 7. The largest absolute Gasteiger partial charge is 0.446 e. The van der Waals surface area contributed by atoms with Crippen molar-refractivity contribution < 1.29 is 17.9 Å². The summed E-state index contributed by atoms with van der Waals surface area (Å²) in [7, 11) is -3.65. The van der Waals surface area contributed by atoms with Gasteiger partial charge in [0.2, 0.25) is 10.0 Å². The van der Waals surface area contributed by atoms with Crippen molar-refractivity contribution >= 4 is 33.1 Å². The molecule has 4 N–H and O–H groups in total. The topological polar surface area (TPSA) is 123 Å². The normalized spacial score (nSPS) is 21.6. The minimum atomic E-state index is -3.65. The Labute approximate surface area is 186 Å². The molecule has 0 spiro atoms. The molecule has 0 atom stereocenters. The Balaban J connectivity index is 1.44. The number of ether oxygens (including phenoxy) is 1. The number of hydrogen-bond donors (Lipinski definition) is 3. The van der Waals surface area contributed by atoms with E-state index in [1.807, 2.05) is 0 Å². The van der Waals surface area contributed by atoms with Crippen molar-refractivity contribution in [1.29, 1.82) is 0 Å². The van der Waals surface area contributed by atoms with Crippen LogP contribution in [0.2, 0.25) is 0 Å². The lowest BCUT2D eigenvalue weighted by Crippen LogP contribution is -2.38. The number of nitrogens with one attached hydrogen (secondary N) is 2. The van der Waals surface area contributed by atoms with Gasteiger partial charge in [-0.2, -0.15) is 0 Å². The van der Waals surface area contributed by atoms with Crippen LogP contribution < -0.4 is 15.8 Å².